The topological polar surface area (TPSA) is 76.4 Å². The van der Waals surface area contributed by atoms with Crippen molar-refractivity contribution in [2.24, 2.45) is 5.73 Å². The van der Waals surface area contributed by atoms with Crippen LogP contribution in [0.15, 0.2) is 24.3 Å². The molecule has 0 bridgehead atoms. The summed E-state index contributed by atoms with van der Waals surface area (Å²) in [6.45, 7) is 0.256. The molecule has 5 nitrogen and oxygen atoms in total. The number of carbonyl (C=O) groups excluding carboxylic acids is 1. The summed E-state index contributed by atoms with van der Waals surface area (Å²) in [5.41, 5.74) is 7.14. The Hall–Kier alpha value is -1.80. The average molecular weight is 305 g/mol. The highest BCUT2D eigenvalue weighted by molar-refractivity contribution is 5.89. The lowest BCUT2D eigenvalue weighted by Gasteiger charge is -2.11. The number of nitrogens with one attached hydrogen (secondary N) is 2. The molecule has 8 heteroatoms. The number of rotatable bonds is 6. The van der Waals surface area contributed by atoms with Crippen molar-refractivity contribution in [2.75, 3.05) is 25.1 Å². The van der Waals surface area contributed by atoms with Crippen molar-refractivity contribution in [1.82, 2.24) is 5.32 Å². The Morgan fingerprint density at radius 3 is 2.76 bits per heavy atom. The predicted molar refractivity (Wildman–Crippen MR) is 72.9 cm³/mol. The van der Waals surface area contributed by atoms with Crippen molar-refractivity contribution in [1.29, 1.82) is 0 Å². The number of alkyl halides is 3. The van der Waals surface area contributed by atoms with Crippen LogP contribution in [0.3, 0.4) is 0 Å². The average Bonchev–Trinajstić information content (AvgIpc) is 2.37. The van der Waals surface area contributed by atoms with Crippen molar-refractivity contribution >= 4 is 11.7 Å². The maximum Gasteiger partial charge on any atom is 0.411 e. The second kappa shape index (κ2) is 7.84. The van der Waals surface area contributed by atoms with Gasteiger partial charge in [0.15, 0.2) is 0 Å². The van der Waals surface area contributed by atoms with Gasteiger partial charge in [0.25, 0.3) is 0 Å². The normalized spacial score (nSPS) is 12.8. The zero-order valence-corrected chi connectivity index (χ0v) is 11.5. The predicted octanol–water partition coefficient (Wildman–Crippen LogP) is 2.41. The van der Waals surface area contributed by atoms with Crippen LogP contribution in [-0.2, 0) is 4.74 Å². The van der Waals surface area contributed by atoms with Crippen LogP contribution in [0.5, 0.6) is 0 Å². The van der Waals surface area contributed by atoms with E-state index in [2.05, 4.69) is 15.4 Å². The summed E-state index contributed by atoms with van der Waals surface area (Å²) in [5.74, 6) is 0. The molecule has 1 aromatic carbocycles. The van der Waals surface area contributed by atoms with Gasteiger partial charge in [0.1, 0.15) is 6.61 Å². The van der Waals surface area contributed by atoms with Gasteiger partial charge in [0.05, 0.1) is 6.61 Å². The Bertz CT molecular complexity index is 464. The van der Waals surface area contributed by atoms with Gasteiger partial charge in [-0.15, -0.1) is 0 Å². The first kappa shape index (κ1) is 17.3. The van der Waals surface area contributed by atoms with Crippen molar-refractivity contribution in [3.63, 3.8) is 0 Å². The summed E-state index contributed by atoms with van der Waals surface area (Å²) >= 11 is 0. The summed E-state index contributed by atoms with van der Waals surface area (Å²) in [6.07, 6.45) is -4.36. The third-order valence-electron chi connectivity index (χ3n) is 2.47. The van der Waals surface area contributed by atoms with Crippen LogP contribution in [0.2, 0.25) is 0 Å². The van der Waals surface area contributed by atoms with E-state index < -0.39 is 18.8 Å². The highest BCUT2D eigenvalue weighted by atomic mass is 19.4. The molecule has 0 aliphatic rings. The number of carbonyl (C=O) groups is 1. The van der Waals surface area contributed by atoms with E-state index in [1.807, 2.05) is 13.0 Å². The molecule has 1 atom stereocenters. The van der Waals surface area contributed by atoms with Crippen molar-refractivity contribution in [3.8, 4) is 0 Å². The minimum Gasteiger partial charge on any atom is -0.370 e. The Labute approximate surface area is 120 Å². The molecule has 1 unspecified atom stereocenters. The molecule has 0 aliphatic carbocycles. The Morgan fingerprint density at radius 2 is 2.14 bits per heavy atom. The molecule has 1 aromatic rings. The second-order valence-electron chi connectivity index (χ2n) is 4.46. The number of ether oxygens (including phenoxy) is 1. The Balaban J connectivity index is 2.29. The van der Waals surface area contributed by atoms with E-state index in [0.29, 0.717) is 5.69 Å². The van der Waals surface area contributed by atoms with Gasteiger partial charge in [-0.25, -0.2) is 4.79 Å². The van der Waals surface area contributed by atoms with E-state index in [9.17, 15) is 18.0 Å². The fraction of sp³-hybridized carbons (Fsp3) is 0.462. The molecule has 21 heavy (non-hydrogen) atoms. The minimum atomic E-state index is -4.36. The van der Waals surface area contributed by atoms with Crippen LogP contribution in [0.4, 0.5) is 23.7 Å². The van der Waals surface area contributed by atoms with E-state index in [4.69, 9.17) is 5.73 Å². The van der Waals surface area contributed by atoms with E-state index in [0.717, 1.165) is 5.56 Å². The number of urea groups is 1. The molecular weight excluding hydrogens is 287 g/mol. The van der Waals surface area contributed by atoms with Crippen LogP contribution in [-0.4, -0.2) is 32.0 Å². The largest absolute Gasteiger partial charge is 0.411 e. The van der Waals surface area contributed by atoms with Gasteiger partial charge in [0.2, 0.25) is 0 Å². The van der Waals surface area contributed by atoms with Gasteiger partial charge in [0, 0.05) is 18.3 Å². The summed E-state index contributed by atoms with van der Waals surface area (Å²) in [4.78, 5) is 11.5. The molecule has 4 N–H and O–H groups in total. The molecule has 0 aromatic heterocycles. The molecule has 1 rings (SSSR count). The van der Waals surface area contributed by atoms with Gasteiger partial charge >= 0.3 is 12.2 Å². The smallest absolute Gasteiger partial charge is 0.370 e. The van der Waals surface area contributed by atoms with Gasteiger partial charge < -0.3 is 21.1 Å². The molecule has 2 amide bonds. The SMILES string of the molecule is CC(N)c1cccc(NC(=O)NCCOCC(F)(F)F)c1. The first-order chi connectivity index (χ1) is 9.78. The van der Waals surface area contributed by atoms with Gasteiger partial charge in [-0.3, -0.25) is 0 Å². The van der Waals surface area contributed by atoms with Gasteiger partial charge in [-0.05, 0) is 24.6 Å². The zero-order chi connectivity index (χ0) is 15.9. The molecule has 0 fully saturated rings. The maximum atomic E-state index is 11.8. The van der Waals surface area contributed by atoms with Gasteiger partial charge in [-0.2, -0.15) is 13.2 Å². The Kier molecular flexibility index (Phi) is 6.44. The summed E-state index contributed by atoms with van der Waals surface area (Å²) < 4.78 is 39.8. The standard InChI is InChI=1S/C13H18F3N3O2/c1-9(17)10-3-2-4-11(7-10)19-12(20)18-5-6-21-8-13(14,15)16/h2-4,7,9H,5-6,8,17H2,1H3,(H2,18,19,20). The van der Waals surface area contributed by atoms with Crippen molar-refractivity contribution < 1.29 is 22.7 Å². The molecule has 0 spiro atoms. The quantitative estimate of drug-likeness (QED) is 0.706. The number of hydrogen-bond donors (Lipinski definition) is 3. The fourth-order valence-corrected chi connectivity index (χ4v) is 1.50. The monoisotopic (exact) mass is 305 g/mol. The van der Waals surface area contributed by atoms with E-state index in [-0.39, 0.29) is 19.2 Å². The lowest BCUT2D eigenvalue weighted by Crippen LogP contribution is -2.32. The summed E-state index contributed by atoms with van der Waals surface area (Å²) in [7, 11) is 0. The van der Waals surface area contributed by atoms with Gasteiger partial charge in [-0.1, -0.05) is 12.1 Å². The molecular formula is C13H18F3N3O2. The summed E-state index contributed by atoms with van der Waals surface area (Å²) in [6, 6.07) is 6.31. The third kappa shape index (κ3) is 7.52. The molecule has 0 heterocycles. The number of amides is 2. The summed E-state index contributed by atoms with van der Waals surface area (Å²) in [5, 5.41) is 4.95. The van der Waals surface area contributed by atoms with E-state index >= 15 is 0 Å². The Morgan fingerprint density at radius 1 is 1.43 bits per heavy atom. The molecule has 0 radical (unpaired) electrons. The molecule has 118 valence electrons. The second-order valence-corrected chi connectivity index (χ2v) is 4.46. The van der Waals surface area contributed by atoms with Crippen LogP contribution in [0.25, 0.3) is 0 Å². The first-order valence-corrected chi connectivity index (χ1v) is 6.33. The number of hydrogen-bond acceptors (Lipinski definition) is 3. The molecule has 0 saturated heterocycles. The highest BCUT2D eigenvalue weighted by Gasteiger charge is 2.27. The lowest BCUT2D eigenvalue weighted by molar-refractivity contribution is -0.173. The van der Waals surface area contributed by atoms with Crippen LogP contribution >= 0.6 is 0 Å². The van der Waals surface area contributed by atoms with Crippen molar-refractivity contribution in [3.05, 3.63) is 29.8 Å². The highest BCUT2D eigenvalue weighted by Crippen LogP contribution is 2.15. The van der Waals surface area contributed by atoms with Crippen LogP contribution in [0, 0.1) is 0 Å². The third-order valence-corrected chi connectivity index (χ3v) is 2.47. The lowest BCUT2D eigenvalue weighted by atomic mass is 10.1. The maximum absolute atomic E-state index is 11.8. The van der Waals surface area contributed by atoms with E-state index in [1.165, 1.54) is 0 Å². The number of anilines is 1. The van der Waals surface area contributed by atoms with Crippen LogP contribution in [0.1, 0.15) is 18.5 Å². The van der Waals surface area contributed by atoms with Crippen LogP contribution < -0.4 is 16.4 Å². The van der Waals surface area contributed by atoms with Crippen molar-refractivity contribution in [2.45, 2.75) is 19.1 Å². The minimum absolute atomic E-state index is 0.0190. The molecule has 0 aliphatic heterocycles. The zero-order valence-electron chi connectivity index (χ0n) is 11.5. The fourth-order valence-electron chi connectivity index (χ4n) is 1.50. The first-order valence-electron chi connectivity index (χ1n) is 6.33. The number of benzene rings is 1. The van der Waals surface area contributed by atoms with E-state index in [1.54, 1.807) is 18.2 Å². The molecule has 0 saturated carbocycles. The number of halogens is 3. The number of nitrogens with two attached hydrogens (primary N) is 1.